The molecule has 2 heterocycles. The van der Waals surface area contributed by atoms with Gasteiger partial charge in [-0.05, 0) is 66.1 Å². The Bertz CT molecular complexity index is 1150. The summed E-state index contributed by atoms with van der Waals surface area (Å²) in [6, 6.07) is 10.8. The predicted octanol–water partition coefficient (Wildman–Crippen LogP) is 5.74. The number of methoxy groups -OCH3 is 1. The summed E-state index contributed by atoms with van der Waals surface area (Å²) in [5.74, 6) is 0.318. The molecule has 2 aromatic carbocycles. The minimum absolute atomic E-state index is 0. The first kappa shape index (κ1) is 26.4. The Labute approximate surface area is 210 Å². The first-order valence-electron chi connectivity index (χ1n) is 10.1. The van der Waals surface area contributed by atoms with Crippen LogP contribution in [-0.4, -0.2) is 41.3 Å². The fraction of sp³-hybridized carbons (Fsp3) is 0.304. The van der Waals surface area contributed by atoms with Gasteiger partial charge < -0.3 is 14.7 Å². The van der Waals surface area contributed by atoms with E-state index in [-0.39, 0.29) is 36.7 Å². The Balaban J connectivity index is 0.00000324. The number of rotatable bonds is 3. The maximum Gasteiger partial charge on any atom is 0.417 e. The molecule has 2 aliphatic heterocycles. The minimum Gasteiger partial charge on any atom is -0.497 e. The molecule has 1 N–H and O–H groups in total. The number of nitrogens with zero attached hydrogens (tertiary/aromatic N) is 2. The number of aliphatic hydroxyl groups is 1. The van der Waals surface area contributed by atoms with Crippen molar-refractivity contribution in [1.29, 1.82) is 0 Å². The molecule has 34 heavy (non-hydrogen) atoms. The maximum atomic E-state index is 13.2. The standard InChI is InChI=1S/C23H20ClF3N2O3S.ClH/c1-32-16-4-2-3-14(11-16)12-19-20(30)28-21(33-19)29-9-7-22(31,8-10-29)15-5-6-18(24)17(13-15)23(25,26)27;/h2-6,11-13,31H,7-10H2,1H3;1H. The van der Waals surface area contributed by atoms with Crippen LogP contribution in [0.3, 0.4) is 0 Å². The highest BCUT2D eigenvalue weighted by atomic mass is 35.5. The molecule has 0 saturated carbocycles. The molecule has 0 atom stereocenters. The third-order valence-electron chi connectivity index (χ3n) is 5.67. The number of aliphatic imine (C=N–C) groups is 1. The highest BCUT2D eigenvalue weighted by Gasteiger charge is 2.40. The zero-order valence-corrected chi connectivity index (χ0v) is 20.3. The van der Waals surface area contributed by atoms with E-state index in [4.69, 9.17) is 16.3 Å². The maximum absolute atomic E-state index is 13.2. The van der Waals surface area contributed by atoms with E-state index in [1.54, 1.807) is 25.3 Å². The zero-order valence-electron chi connectivity index (χ0n) is 17.9. The summed E-state index contributed by atoms with van der Waals surface area (Å²) in [5.41, 5.74) is -1.41. The lowest BCUT2D eigenvalue weighted by Gasteiger charge is -2.39. The third-order valence-corrected chi connectivity index (χ3v) is 7.05. The Hall–Kier alpha value is -2.20. The molecule has 5 nitrogen and oxygen atoms in total. The van der Waals surface area contributed by atoms with Gasteiger partial charge in [0.05, 0.1) is 28.2 Å². The van der Waals surface area contributed by atoms with Crippen molar-refractivity contribution < 1.29 is 27.8 Å². The van der Waals surface area contributed by atoms with Crippen LogP contribution in [0, 0.1) is 0 Å². The Morgan fingerprint density at radius 2 is 1.91 bits per heavy atom. The lowest BCUT2D eigenvalue weighted by molar-refractivity contribution is -0.137. The van der Waals surface area contributed by atoms with E-state index in [2.05, 4.69) is 4.99 Å². The Morgan fingerprint density at radius 1 is 1.21 bits per heavy atom. The molecule has 4 rings (SSSR count). The monoisotopic (exact) mass is 532 g/mol. The summed E-state index contributed by atoms with van der Waals surface area (Å²) in [4.78, 5) is 18.9. The lowest BCUT2D eigenvalue weighted by Crippen LogP contribution is -2.44. The van der Waals surface area contributed by atoms with E-state index in [0.29, 0.717) is 28.9 Å². The number of likely N-dealkylation sites (tertiary alicyclic amines) is 1. The third kappa shape index (κ3) is 5.54. The van der Waals surface area contributed by atoms with Gasteiger partial charge in [-0.2, -0.15) is 18.2 Å². The second-order valence-electron chi connectivity index (χ2n) is 7.80. The average molecular weight is 533 g/mol. The zero-order chi connectivity index (χ0) is 23.8. The number of piperidine rings is 1. The van der Waals surface area contributed by atoms with E-state index in [0.717, 1.165) is 17.7 Å². The number of amidine groups is 1. The Kier molecular flexibility index (Phi) is 7.92. The van der Waals surface area contributed by atoms with Crippen LogP contribution in [0.1, 0.15) is 29.5 Å². The second-order valence-corrected chi connectivity index (χ2v) is 9.21. The lowest BCUT2D eigenvalue weighted by atomic mass is 9.84. The number of benzene rings is 2. The van der Waals surface area contributed by atoms with Crippen molar-refractivity contribution >= 4 is 52.9 Å². The summed E-state index contributed by atoms with van der Waals surface area (Å²) >= 11 is 6.94. The average Bonchev–Trinajstić information content (AvgIpc) is 3.13. The van der Waals surface area contributed by atoms with Gasteiger partial charge in [0.2, 0.25) is 0 Å². The molecule has 0 aliphatic carbocycles. The number of thioether (sulfide) groups is 1. The number of alkyl halides is 3. The van der Waals surface area contributed by atoms with Gasteiger partial charge in [-0.15, -0.1) is 12.4 Å². The van der Waals surface area contributed by atoms with Crippen molar-refractivity contribution in [2.75, 3.05) is 20.2 Å². The van der Waals surface area contributed by atoms with Crippen LogP contribution in [-0.2, 0) is 16.6 Å². The summed E-state index contributed by atoms with van der Waals surface area (Å²) < 4.78 is 44.9. The molecule has 2 aromatic rings. The van der Waals surface area contributed by atoms with Crippen LogP contribution in [0.2, 0.25) is 5.02 Å². The smallest absolute Gasteiger partial charge is 0.417 e. The van der Waals surface area contributed by atoms with Gasteiger partial charge >= 0.3 is 6.18 Å². The van der Waals surface area contributed by atoms with Crippen LogP contribution >= 0.6 is 35.8 Å². The first-order chi connectivity index (χ1) is 15.6. The molecule has 11 heteroatoms. The van der Waals surface area contributed by atoms with Crippen LogP contribution < -0.4 is 4.74 Å². The quantitative estimate of drug-likeness (QED) is 0.510. The minimum atomic E-state index is -4.61. The number of carbonyl (C=O) groups is 1. The normalized spacial score (nSPS) is 19.1. The topological polar surface area (TPSA) is 62.1 Å². The summed E-state index contributed by atoms with van der Waals surface area (Å²) in [6.07, 6.45) is -2.49. The fourth-order valence-electron chi connectivity index (χ4n) is 3.80. The van der Waals surface area contributed by atoms with Gasteiger partial charge in [0, 0.05) is 13.1 Å². The number of halogens is 5. The van der Waals surface area contributed by atoms with Crippen LogP contribution in [0.15, 0.2) is 52.4 Å². The van der Waals surface area contributed by atoms with E-state index >= 15 is 0 Å². The number of carbonyl (C=O) groups excluding carboxylic acids is 1. The summed E-state index contributed by atoms with van der Waals surface area (Å²) in [6.45, 7) is 0.679. The van der Waals surface area contributed by atoms with Gasteiger partial charge in [-0.25, -0.2) is 0 Å². The van der Waals surface area contributed by atoms with E-state index in [9.17, 15) is 23.1 Å². The van der Waals surface area contributed by atoms with E-state index in [1.165, 1.54) is 17.8 Å². The van der Waals surface area contributed by atoms with Gasteiger partial charge in [-0.1, -0.05) is 29.8 Å². The van der Waals surface area contributed by atoms with Crippen molar-refractivity contribution in [3.63, 3.8) is 0 Å². The van der Waals surface area contributed by atoms with Crippen LogP contribution in [0.25, 0.3) is 6.08 Å². The number of hydrogen-bond donors (Lipinski definition) is 1. The molecule has 0 radical (unpaired) electrons. The molecule has 2 aliphatic rings. The highest BCUT2D eigenvalue weighted by molar-refractivity contribution is 8.18. The molecule has 1 saturated heterocycles. The van der Waals surface area contributed by atoms with Gasteiger partial charge in [-0.3, -0.25) is 4.79 Å². The molecule has 1 amide bonds. The molecular weight excluding hydrogens is 512 g/mol. The van der Waals surface area contributed by atoms with Crippen molar-refractivity contribution in [2.24, 2.45) is 4.99 Å². The largest absolute Gasteiger partial charge is 0.497 e. The molecule has 1 fully saturated rings. The molecule has 0 spiro atoms. The highest BCUT2D eigenvalue weighted by Crippen LogP contribution is 2.41. The van der Waals surface area contributed by atoms with Crippen LogP contribution in [0.4, 0.5) is 13.2 Å². The SMILES string of the molecule is COc1cccc(C=C2SC(N3CCC(O)(c4ccc(Cl)c(C(F)(F)F)c4)CC3)=NC2=O)c1.Cl. The fourth-order valence-corrected chi connectivity index (χ4v) is 4.99. The van der Waals surface area contributed by atoms with Gasteiger partial charge in [0.15, 0.2) is 5.17 Å². The van der Waals surface area contributed by atoms with Crippen molar-refractivity contribution in [2.45, 2.75) is 24.6 Å². The first-order valence-corrected chi connectivity index (χ1v) is 11.3. The summed E-state index contributed by atoms with van der Waals surface area (Å²) in [7, 11) is 1.56. The number of hydrogen-bond acceptors (Lipinski definition) is 5. The second kappa shape index (κ2) is 10.2. The molecule has 182 valence electrons. The molecule has 0 unspecified atom stereocenters. The predicted molar refractivity (Wildman–Crippen MR) is 129 cm³/mol. The van der Waals surface area contributed by atoms with E-state index < -0.39 is 22.4 Å². The van der Waals surface area contributed by atoms with Crippen molar-refractivity contribution in [1.82, 2.24) is 4.90 Å². The Morgan fingerprint density at radius 3 is 2.56 bits per heavy atom. The molecule has 0 aromatic heterocycles. The van der Waals surface area contributed by atoms with Crippen LogP contribution in [0.5, 0.6) is 5.75 Å². The van der Waals surface area contributed by atoms with Crippen molar-refractivity contribution in [3.8, 4) is 5.75 Å². The molecular formula is C23H21Cl2F3N2O3S. The van der Waals surface area contributed by atoms with E-state index in [1.807, 2.05) is 17.0 Å². The number of ether oxygens (including phenoxy) is 1. The summed E-state index contributed by atoms with van der Waals surface area (Å²) in [5, 5.41) is 11.2. The number of amides is 1. The van der Waals surface area contributed by atoms with Gasteiger partial charge in [0.25, 0.3) is 5.91 Å². The molecule has 0 bridgehead atoms. The van der Waals surface area contributed by atoms with Crippen molar-refractivity contribution in [3.05, 3.63) is 69.1 Å². The van der Waals surface area contributed by atoms with Gasteiger partial charge in [0.1, 0.15) is 5.75 Å².